The van der Waals surface area contributed by atoms with E-state index in [1.54, 1.807) is 52.9 Å². The molecular weight excluding hydrogens is 465 g/mol. The molecule has 1 aliphatic rings. The van der Waals surface area contributed by atoms with Crippen molar-refractivity contribution in [3.05, 3.63) is 71.6 Å². The second-order valence-corrected chi connectivity index (χ2v) is 10.2. The predicted octanol–water partition coefficient (Wildman–Crippen LogP) is 3.53. The fraction of sp³-hybridized carbons (Fsp3) is 0.182. The Labute approximate surface area is 193 Å². The van der Waals surface area contributed by atoms with Crippen LogP contribution >= 0.6 is 11.3 Å². The number of aromatic amines is 1. The maximum absolute atomic E-state index is 14.3. The van der Waals surface area contributed by atoms with Crippen molar-refractivity contribution < 1.29 is 17.6 Å². The van der Waals surface area contributed by atoms with Crippen LogP contribution in [0.2, 0.25) is 0 Å². The van der Waals surface area contributed by atoms with Crippen molar-refractivity contribution in [3.63, 3.8) is 0 Å². The minimum Gasteiger partial charge on any atom is -0.368 e. The number of amides is 1. The number of rotatable bonds is 5. The lowest BCUT2D eigenvalue weighted by atomic mass is 10.1. The lowest BCUT2D eigenvalue weighted by Crippen LogP contribution is -2.48. The van der Waals surface area contributed by atoms with Gasteiger partial charge in [-0.25, -0.2) is 17.8 Å². The second-order valence-electron chi connectivity index (χ2n) is 7.58. The number of sulfonamides is 1. The van der Waals surface area contributed by atoms with E-state index in [-0.39, 0.29) is 10.8 Å². The summed E-state index contributed by atoms with van der Waals surface area (Å²) in [6.45, 7) is 2.12. The summed E-state index contributed by atoms with van der Waals surface area (Å²) in [5.41, 5.74) is 1.80. The first-order valence-corrected chi connectivity index (χ1v) is 12.6. The highest BCUT2D eigenvalue weighted by molar-refractivity contribution is 7.93. The number of piperazine rings is 1. The van der Waals surface area contributed by atoms with E-state index >= 15 is 0 Å². The SMILES string of the molecule is O=C(c1c[nH]c2cccc(F)c12)N1CCN(c2ccc(S(=O)(=O)Nc3nccs3)cc2)CC1. The molecule has 0 unspecified atom stereocenters. The van der Waals surface area contributed by atoms with Gasteiger partial charge < -0.3 is 14.8 Å². The smallest absolute Gasteiger partial charge is 0.263 e. The van der Waals surface area contributed by atoms with Gasteiger partial charge in [0, 0.05) is 60.5 Å². The maximum Gasteiger partial charge on any atom is 0.263 e. The van der Waals surface area contributed by atoms with Crippen LogP contribution in [-0.4, -0.2) is 55.4 Å². The molecule has 1 amide bonds. The highest BCUT2D eigenvalue weighted by atomic mass is 32.2. The summed E-state index contributed by atoms with van der Waals surface area (Å²) >= 11 is 1.21. The number of aromatic nitrogens is 2. The number of hydrogen-bond donors (Lipinski definition) is 2. The van der Waals surface area contributed by atoms with Crippen LogP contribution in [0, 0.1) is 5.82 Å². The van der Waals surface area contributed by atoms with Crippen LogP contribution < -0.4 is 9.62 Å². The molecule has 0 aliphatic carbocycles. The summed E-state index contributed by atoms with van der Waals surface area (Å²) in [4.78, 5) is 23.8. The second kappa shape index (κ2) is 8.49. The molecule has 0 atom stereocenters. The van der Waals surface area contributed by atoms with Gasteiger partial charge in [-0.15, -0.1) is 11.3 Å². The monoisotopic (exact) mass is 485 g/mol. The Morgan fingerprint density at radius 2 is 1.85 bits per heavy atom. The number of fused-ring (bicyclic) bond motifs is 1. The van der Waals surface area contributed by atoms with Gasteiger partial charge in [0.05, 0.1) is 10.5 Å². The molecule has 8 nitrogen and oxygen atoms in total. The van der Waals surface area contributed by atoms with E-state index in [1.165, 1.54) is 23.6 Å². The predicted molar refractivity (Wildman–Crippen MR) is 126 cm³/mol. The molecule has 0 bridgehead atoms. The third kappa shape index (κ3) is 4.16. The van der Waals surface area contributed by atoms with Crippen LogP contribution in [0.15, 0.2) is 65.1 Å². The van der Waals surface area contributed by atoms with E-state index in [2.05, 4.69) is 19.6 Å². The van der Waals surface area contributed by atoms with Crippen molar-refractivity contribution >= 4 is 49.0 Å². The molecule has 5 rings (SSSR count). The molecule has 1 fully saturated rings. The minimum absolute atomic E-state index is 0.150. The minimum atomic E-state index is -3.70. The number of carbonyl (C=O) groups is 1. The molecule has 4 aromatic rings. The van der Waals surface area contributed by atoms with Crippen molar-refractivity contribution in [2.75, 3.05) is 35.8 Å². The van der Waals surface area contributed by atoms with Gasteiger partial charge >= 0.3 is 0 Å². The largest absolute Gasteiger partial charge is 0.368 e. The average molecular weight is 486 g/mol. The maximum atomic E-state index is 14.3. The van der Waals surface area contributed by atoms with E-state index in [4.69, 9.17) is 0 Å². The molecule has 1 aliphatic heterocycles. The van der Waals surface area contributed by atoms with E-state index in [0.29, 0.717) is 47.8 Å². The number of carbonyl (C=O) groups excluding carboxylic acids is 1. The van der Waals surface area contributed by atoms with E-state index < -0.39 is 15.8 Å². The molecule has 2 N–H and O–H groups in total. The van der Waals surface area contributed by atoms with Crippen LogP contribution in [0.5, 0.6) is 0 Å². The number of nitrogens with zero attached hydrogens (tertiary/aromatic N) is 3. The summed E-state index contributed by atoms with van der Waals surface area (Å²) < 4.78 is 41.7. The Balaban J connectivity index is 1.25. The van der Waals surface area contributed by atoms with Crippen molar-refractivity contribution in [2.24, 2.45) is 0 Å². The van der Waals surface area contributed by atoms with Gasteiger partial charge in [-0.2, -0.15) is 0 Å². The fourth-order valence-electron chi connectivity index (χ4n) is 3.93. The summed E-state index contributed by atoms with van der Waals surface area (Å²) in [5, 5.41) is 2.32. The van der Waals surface area contributed by atoms with Crippen LogP contribution in [0.3, 0.4) is 0 Å². The van der Waals surface area contributed by atoms with Crippen molar-refractivity contribution in [2.45, 2.75) is 4.90 Å². The standard InChI is InChI=1S/C22H20FN5O3S2/c23-18-2-1-3-19-20(18)17(14-25-19)21(29)28-11-9-27(10-12-28)15-4-6-16(7-5-15)33(30,31)26-22-24-8-13-32-22/h1-8,13-14,25H,9-12H2,(H,24,26). The summed E-state index contributed by atoms with van der Waals surface area (Å²) in [6, 6.07) is 11.3. The molecule has 0 saturated carbocycles. The number of anilines is 2. The molecule has 0 radical (unpaired) electrons. The molecule has 170 valence electrons. The van der Waals surface area contributed by atoms with Gasteiger partial charge in [0.15, 0.2) is 5.13 Å². The molecular formula is C22H20FN5O3S2. The van der Waals surface area contributed by atoms with Crippen molar-refractivity contribution in [3.8, 4) is 0 Å². The molecule has 1 saturated heterocycles. The molecule has 0 spiro atoms. The Hall–Kier alpha value is -3.44. The molecule has 11 heteroatoms. The third-order valence-electron chi connectivity index (χ3n) is 5.62. The van der Waals surface area contributed by atoms with Gasteiger partial charge in [0.1, 0.15) is 5.82 Å². The van der Waals surface area contributed by atoms with E-state index in [0.717, 1.165) is 5.69 Å². The van der Waals surface area contributed by atoms with E-state index in [1.807, 2.05) is 0 Å². The zero-order valence-electron chi connectivity index (χ0n) is 17.4. The van der Waals surface area contributed by atoms with Gasteiger partial charge in [-0.3, -0.25) is 9.52 Å². The topological polar surface area (TPSA) is 98.4 Å². The van der Waals surface area contributed by atoms with Gasteiger partial charge in [-0.1, -0.05) is 6.07 Å². The zero-order valence-corrected chi connectivity index (χ0v) is 19.0. The first-order chi connectivity index (χ1) is 15.9. The summed E-state index contributed by atoms with van der Waals surface area (Å²) in [7, 11) is -3.70. The first kappa shape index (κ1) is 21.4. The summed E-state index contributed by atoms with van der Waals surface area (Å²) in [5.74, 6) is -0.629. The van der Waals surface area contributed by atoms with E-state index in [9.17, 15) is 17.6 Å². The number of nitrogens with one attached hydrogen (secondary N) is 2. The Morgan fingerprint density at radius 3 is 2.55 bits per heavy atom. The van der Waals surface area contributed by atoms with Crippen LogP contribution in [-0.2, 0) is 10.0 Å². The number of thiazole rings is 1. The van der Waals surface area contributed by atoms with Gasteiger partial charge in [-0.05, 0) is 36.4 Å². The Bertz CT molecular complexity index is 1390. The van der Waals surface area contributed by atoms with Crippen LogP contribution in [0.4, 0.5) is 15.2 Å². The molecule has 2 aromatic carbocycles. The van der Waals surface area contributed by atoms with Crippen LogP contribution in [0.1, 0.15) is 10.4 Å². The van der Waals surface area contributed by atoms with Crippen LogP contribution in [0.25, 0.3) is 10.9 Å². The Morgan fingerprint density at radius 1 is 1.09 bits per heavy atom. The molecule has 2 aromatic heterocycles. The molecule has 33 heavy (non-hydrogen) atoms. The Kier molecular flexibility index (Phi) is 5.51. The van der Waals surface area contributed by atoms with Gasteiger partial charge in [0.2, 0.25) is 0 Å². The zero-order chi connectivity index (χ0) is 23.0. The van der Waals surface area contributed by atoms with Crippen molar-refractivity contribution in [1.82, 2.24) is 14.9 Å². The number of hydrogen-bond acceptors (Lipinski definition) is 6. The molecule has 3 heterocycles. The lowest BCUT2D eigenvalue weighted by Gasteiger charge is -2.36. The summed E-state index contributed by atoms with van der Waals surface area (Å²) in [6.07, 6.45) is 3.09. The first-order valence-electron chi connectivity index (χ1n) is 10.2. The lowest BCUT2D eigenvalue weighted by molar-refractivity contribution is 0.0748. The normalized spacial score (nSPS) is 14.6. The highest BCUT2D eigenvalue weighted by Crippen LogP contribution is 2.25. The average Bonchev–Trinajstić information content (AvgIpc) is 3.49. The van der Waals surface area contributed by atoms with Gasteiger partial charge in [0.25, 0.3) is 15.9 Å². The number of H-pyrrole nitrogens is 1. The van der Waals surface area contributed by atoms with Crippen molar-refractivity contribution in [1.29, 1.82) is 0 Å². The fourth-order valence-corrected chi connectivity index (χ4v) is 5.72. The number of benzene rings is 2. The quantitative estimate of drug-likeness (QED) is 0.451. The third-order valence-corrected chi connectivity index (χ3v) is 7.79. The highest BCUT2D eigenvalue weighted by Gasteiger charge is 2.25. The number of halogens is 1.